The van der Waals surface area contributed by atoms with Crippen molar-refractivity contribution in [2.75, 3.05) is 12.4 Å². The molecule has 0 saturated carbocycles. The summed E-state index contributed by atoms with van der Waals surface area (Å²) in [5.74, 6) is 1.67. The van der Waals surface area contributed by atoms with Crippen LogP contribution in [0.3, 0.4) is 0 Å². The molecule has 0 amide bonds. The molecule has 0 saturated heterocycles. The van der Waals surface area contributed by atoms with Crippen LogP contribution in [-0.2, 0) is 13.0 Å². The molecule has 0 aliphatic heterocycles. The SMILES string of the molecule is CCc1cc(NCc2cc(F)cc(OC)c2)nc(C)n1. The van der Waals surface area contributed by atoms with Gasteiger partial charge < -0.3 is 10.1 Å². The van der Waals surface area contributed by atoms with Gasteiger partial charge in [0.15, 0.2) is 0 Å². The van der Waals surface area contributed by atoms with Crippen molar-refractivity contribution in [3.05, 3.63) is 47.2 Å². The summed E-state index contributed by atoms with van der Waals surface area (Å²) in [6.45, 7) is 4.38. The second kappa shape index (κ2) is 6.32. The molecule has 0 bridgehead atoms. The molecule has 2 rings (SSSR count). The lowest BCUT2D eigenvalue weighted by molar-refractivity contribution is 0.410. The van der Waals surface area contributed by atoms with E-state index in [4.69, 9.17) is 4.74 Å². The van der Waals surface area contributed by atoms with Crippen LogP contribution in [0.15, 0.2) is 24.3 Å². The number of hydrogen-bond donors (Lipinski definition) is 1. The zero-order valence-corrected chi connectivity index (χ0v) is 11.9. The van der Waals surface area contributed by atoms with Gasteiger partial charge in [0, 0.05) is 24.4 Å². The Hall–Kier alpha value is -2.17. The molecule has 1 heterocycles. The van der Waals surface area contributed by atoms with E-state index in [1.807, 2.05) is 19.9 Å². The highest BCUT2D eigenvalue weighted by atomic mass is 19.1. The third-order valence-electron chi connectivity index (χ3n) is 2.89. The fraction of sp³-hybridized carbons (Fsp3) is 0.333. The van der Waals surface area contributed by atoms with Gasteiger partial charge >= 0.3 is 0 Å². The number of anilines is 1. The van der Waals surface area contributed by atoms with Crippen molar-refractivity contribution in [3.63, 3.8) is 0 Å². The Labute approximate surface area is 118 Å². The van der Waals surface area contributed by atoms with Crippen LogP contribution >= 0.6 is 0 Å². The summed E-state index contributed by atoms with van der Waals surface area (Å²) in [5, 5.41) is 3.18. The molecule has 1 aromatic heterocycles. The lowest BCUT2D eigenvalue weighted by Crippen LogP contribution is -2.05. The maximum absolute atomic E-state index is 13.4. The molecule has 5 heteroatoms. The highest BCUT2D eigenvalue weighted by molar-refractivity contribution is 5.38. The van der Waals surface area contributed by atoms with Crippen LogP contribution in [0.25, 0.3) is 0 Å². The number of aromatic nitrogens is 2. The zero-order chi connectivity index (χ0) is 14.5. The average Bonchev–Trinajstić information content (AvgIpc) is 2.44. The highest BCUT2D eigenvalue weighted by Crippen LogP contribution is 2.17. The molecule has 0 atom stereocenters. The van der Waals surface area contributed by atoms with Crippen molar-refractivity contribution in [1.29, 1.82) is 0 Å². The fourth-order valence-corrected chi connectivity index (χ4v) is 1.93. The number of ether oxygens (including phenoxy) is 1. The van der Waals surface area contributed by atoms with E-state index in [9.17, 15) is 4.39 Å². The Morgan fingerprint density at radius 3 is 2.70 bits per heavy atom. The summed E-state index contributed by atoms with van der Waals surface area (Å²) in [6, 6.07) is 6.53. The van der Waals surface area contributed by atoms with Crippen molar-refractivity contribution in [2.24, 2.45) is 0 Å². The summed E-state index contributed by atoms with van der Waals surface area (Å²) >= 11 is 0. The number of nitrogens with one attached hydrogen (secondary N) is 1. The van der Waals surface area contributed by atoms with E-state index >= 15 is 0 Å². The Morgan fingerprint density at radius 2 is 2.00 bits per heavy atom. The highest BCUT2D eigenvalue weighted by Gasteiger charge is 2.03. The summed E-state index contributed by atoms with van der Waals surface area (Å²) < 4.78 is 18.4. The van der Waals surface area contributed by atoms with E-state index in [-0.39, 0.29) is 5.82 Å². The standard InChI is InChI=1S/C15H18FN3O/c1-4-13-8-15(19-10(2)18-13)17-9-11-5-12(16)7-14(6-11)20-3/h5-8H,4,9H2,1-3H3,(H,17,18,19). The number of methoxy groups -OCH3 is 1. The topological polar surface area (TPSA) is 47.0 Å². The van der Waals surface area contributed by atoms with Gasteiger partial charge in [0.25, 0.3) is 0 Å². The molecule has 4 nitrogen and oxygen atoms in total. The monoisotopic (exact) mass is 275 g/mol. The third kappa shape index (κ3) is 3.66. The van der Waals surface area contributed by atoms with Gasteiger partial charge in [0.1, 0.15) is 23.2 Å². The maximum Gasteiger partial charge on any atom is 0.130 e. The first-order valence-electron chi connectivity index (χ1n) is 6.52. The minimum atomic E-state index is -0.311. The van der Waals surface area contributed by atoms with Gasteiger partial charge in [0.05, 0.1) is 7.11 Å². The summed E-state index contributed by atoms with van der Waals surface area (Å²) in [6.07, 6.45) is 0.853. The van der Waals surface area contributed by atoms with E-state index < -0.39 is 0 Å². The molecule has 0 unspecified atom stereocenters. The molecule has 0 radical (unpaired) electrons. The van der Waals surface area contributed by atoms with E-state index in [0.717, 1.165) is 29.3 Å². The normalized spacial score (nSPS) is 10.4. The van der Waals surface area contributed by atoms with E-state index in [1.54, 1.807) is 6.07 Å². The van der Waals surface area contributed by atoms with Gasteiger partial charge in [-0.2, -0.15) is 0 Å². The molecular formula is C15H18FN3O. The number of aryl methyl sites for hydroxylation is 2. The first-order valence-corrected chi connectivity index (χ1v) is 6.52. The molecule has 0 spiro atoms. The minimum absolute atomic E-state index is 0.311. The Balaban J connectivity index is 2.12. The Kier molecular flexibility index (Phi) is 4.50. The molecule has 106 valence electrons. The summed E-state index contributed by atoms with van der Waals surface area (Å²) in [5.41, 5.74) is 1.79. The second-order valence-corrected chi connectivity index (χ2v) is 4.50. The van der Waals surface area contributed by atoms with Crippen molar-refractivity contribution in [1.82, 2.24) is 9.97 Å². The smallest absolute Gasteiger partial charge is 0.130 e. The number of benzene rings is 1. The average molecular weight is 275 g/mol. The van der Waals surface area contributed by atoms with Gasteiger partial charge in [-0.05, 0) is 31.0 Å². The lowest BCUT2D eigenvalue weighted by atomic mass is 10.2. The molecule has 0 fully saturated rings. The largest absolute Gasteiger partial charge is 0.497 e. The Bertz CT molecular complexity index is 548. The summed E-state index contributed by atoms with van der Waals surface area (Å²) in [4.78, 5) is 8.63. The van der Waals surface area contributed by atoms with Crippen LogP contribution in [-0.4, -0.2) is 17.1 Å². The van der Waals surface area contributed by atoms with Gasteiger partial charge in [-0.25, -0.2) is 14.4 Å². The van der Waals surface area contributed by atoms with Crippen LogP contribution in [0, 0.1) is 12.7 Å². The summed E-state index contributed by atoms with van der Waals surface area (Å²) in [7, 11) is 1.52. The molecular weight excluding hydrogens is 257 g/mol. The molecule has 0 aliphatic rings. The predicted octanol–water partition coefficient (Wildman–Crippen LogP) is 3.11. The van der Waals surface area contributed by atoms with E-state index in [2.05, 4.69) is 15.3 Å². The van der Waals surface area contributed by atoms with Crippen molar-refractivity contribution in [2.45, 2.75) is 26.8 Å². The van der Waals surface area contributed by atoms with Crippen LogP contribution < -0.4 is 10.1 Å². The maximum atomic E-state index is 13.4. The zero-order valence-electron chi connectivity index (χ0n) is 11.9. The molecule has 2 aromatic rings. The fourth-order valence-electron chi connectivity index (χ4n) is 1.93. The first-order chi connectivity index (χ1) is 9.60. The molecule has 1 N–H and O–H groups in total. The number of nitrogens with zero attached hydrogens (tertiary/aromatic N) is 2. The van der Waals surface area contributed by atoms with Gasteiger partial charge in [-0.3, -0.25) is 0 Å². The van der Waals surface area contributed by atoms with Crippen molar-refractivity contribution in [3.8, 4) is 5.75 Å². The van der Waals surface area contributed by atoms with Gasteiger partial charge in [-0.1, -0.05) is 6.92 Å². The van der Waals surface area contributed by atoms with Crippen LogP contribution in [0.5, 0.6) is 5.75 Å². The lowest BCUT2D eigenvalue weighted by Gasteiger charge is -2.09. The van der Waals surface area contributed by atoms with Gasteiger partial charge in [-0.15, -0.1) is 0 Å². The minimum Gasteiger partial charge on any atom is -0.497 e. The Morgan fingerprint density at radius 1 is 1.20 bits per heavy atom. The first kappa shape index (κ1) is 14.2. The van der Waals surface area contributed by atoms with E-state index in [1.165, 1.54) is 19.2 Å². The molecule has 20 heavy (non-hydrogen) atoms. The number of halogens is 1. The third-order valence-corrected chi connectivity index (χ3v) is 2.89. The molecule has 0 aliphatic carbocycles. The predicted molar refractivity (Wildman–Crippen MR) is 76.4 cm³/mol. The number of hydrogen-bond acceptors (Lipinski definition) is 4. The van der Waals surface area contributed by atoms with Crippen LogP contribution in [0.4, 0.5) is 10.2 Å². The molecule has 1 aromatic carbocycles. The second-order valence-electron chi connectivity index (χ2n) is 4.50. The van der Waals surface area contributed by atoms with Crippen LogP contribution in [0.1, 0.15) is 24.0 Å². The van der Waals surface area contributed by atoms with Crippen LogP contribution in [0.2, 0.25) is 0 Å². The number of rotatable bonds is 5. The van der Waals surface area contributed by atoms with Gasteiger partial charge in [0.2, 0.25) is 0 Å². The van der Waals surface area contributed by atoms with Crippen molar-refractivity contribution >= 4 is 5.82 Å². The van der Waals surface area contributed by atoms with Crippen molar-refractivity contribution < 1.29 is 9.13 Å². The van der Waals surface area contributed by atoms with E-state index in [0.29, 0.717) is 12.3 Å². The quantitative estimate of drug-likeness (QED) is 0.910.